The molecule has 0 aliphatic carbocycles. The van der Waals surface area contributed by atoms with Crippen molar-refractivity contribution in [2.24, 2.45) is 0 Å². The van der Waals surface area contributed by atoms with E-state index in [2.05, 4.69) is 0 Å². The van der Waals surface area contributed by atoms with E-state index in [1.54, 1.807) is 10.6 Å². The van der Waals surface area contributed by atoms with E-state index in [0.717, 1.165) is 23.4 Å². The number of rotatable bonds is 4. The van der Waals surface area contributed by atoms with Gasteiger partial charge in [-0.1, -0.05) is 13.0 Å². The summed E-state index contributed by atoms with van der Waals surface area (Å²) >= 11 is 0. The first-order chi connectivity index (χ1) is 11.2. The molecule has 0 saturated heterocycles. The van der Waals surface area contributed by atoms with Gasteiger partial charge in [-0.15, -0.1) is 0 Å². The van der Waals surface area contributed by atoms with Gasteiger partial charge in [-0.25, -0.2) is 0 Å². The Morgan fingerprint density at radius 3 is 2.70 bits per heavy atom. The van der Waals surface area contributed by atoms with E-state index in [9.17, 15) is 4.79 Å². The Labute approximate surface area is 134 Å². The monoisotopic (exact) mass is 310 g/mol. The van der Waals surface area contributed by atoms with Crippen molar-refractivity contribution in [1.29, 1.82) is 5.26 Å². The number of pyridine rings is 1. The van der Waals surface area contributed by atoms with Gasteiger partial charge < -0.3 is 14.0 Å². The van der Waals surface area contributed by atoms with Gasteiger partial charge in [-0.3, -0.25) is 4.79 Å². The van der Waals surface area contributed by atoms with E-state index in [1.807, 2.05) is 37.3 Å². The Morgan fingerprint density at radius 1 is 1.17 bits per heavy atom. The molecular weight excluding hydrogens is 292 g/mol. The maximum Gasteiger partial charge on any atom is 0.255 e. The highest BCUT2D eigenvalue weighted by Gasteiger charge is 2.15. The van der Waals surface area contributed by atoms with Gasteiger partial charge in [0, 0.05) is 17.7 Å². The van der Waals surface area contributed by atoms with Gasteiger partial charge in [0.1, 0.15) is 13.2 Å². The van der Waals surface area contributed by atoms with Crippen molar-refractivity contribution in [3.63, 3.8) is 0 Å². The second-order valence-electron chi connectivity index (χ2n) is 5.39. The summed E-state index contributed by atoms with van der Waals surface area (Å²) in [6.45, 7) is 3.72. The Hall–Kier alpha value is -2.74. The minimum Gasteiger partial charge on any atom is -0.486 e. The van der Waals surface area contributed by atoms with Gasteiger partial charge in [0.05, 0.1) is 18.2 Å². The molecule has 1 aromatic heterocycles. The summed E-state index contributed by atoms with van der Waals surface area (Å²) in [6.07, 6.45) is 0.970. The maximum absolute atomic E-state index is 12.6. The van der Waals surface area contributed by atoms with Gasteiger partial charge in [-0.2, -0.15) is 5.26 Å². The molecule has 3 rings (SSSR count). The Bertz CT molecular complexity index is 818. The molecule has 0 bridgehead atoms. The van der Waals surface area contributed by atoms with Gasteiger partial charge in [0.25, 0.3) is 5.56 Å². The normalized spacial score (nSPS) is 12.7. The number of fused-ring (bicyclic) bond motifs is 1. The first-order valence-corrected chi connectivity index (χ1v) is 7.74. The molecule has 1 aliphatic heterocycles. The van der Waals surface area contributed by atoms with Crippen molar-refractivity contribution in [3.05, 3.63) is 46.2 Å². The maximum atomic E-state index is 12.6. The van der Waals surface area contributed by atoms with Crippen molar-refractivity contribution in [2.75, 3.05) is 13.2 Å². The van der Waals surface area contributed by atoms with Crippen LogP contribution in [0.4, 0.5) is 0 Å². The second-order valence-corrected chi connectivity index (χ2v) is 5.39. The van der Waals surface area contributed by atoms with Gasteiger partial charge >= 0.3 is 0 Å². The largest absolute Gasteiger partial charge is 0.486 e. The predicted molar refractivity (Wildman–Crippen MR) is 86.7 cm³/mol. The number of hydrogen-bond donors (Lipinski definition) is 0. The van der Waals surface area contributed by atoms with Crippen LogP contribution in [0.3, 0.4) is 0 Å². The van der Waals surface area contributed by atoms with Crippen LogP contribution >= 0.6 is 0 Å². The number of ether oxygens (including phenoxy) is 2. The third kappa shape index (κ3) is 2.93. The molecule has 5 heteroatoms. The minimum absolute atomic E-state index is 0.0965. The molecule has 2 aromatic rings. The molecule has 1 aromatic carbocycles. The number of nitrogens with zero attached hydrogens (tertiary/aromatic N) is 2. The number of nitriles is 1. The van der Waals surface area contributed by atoms with E-state index in [4.69, 9.17) is 14.7 Å². The smallest absolute Gasteiger partial charge is 0.255 e. The van der Waals surface area contributed by atoms with E-state index < -0.39 is 0 Å². The SMILES string of the molecule is CCCn1c(-c2ccc3c(c2)OCCO3)ccc(CC#N)c1=O. The summed E-state index contributed by atoms with van der Waals surface area (Å²) in [6, 6.07) is 11.4. The fourth-order valence-electron chi connectivity index (χ4n) is 2.74. The first-order valence-electron chi connectivity index (χ1n) is 7.74. The lowest BCUT2D eigenvalue weighted by Crippen LogP contribution is -2.25. The quantitative estimate of drug-likeness (QED) is 0.871. The van der Waals surface area contributed by atoms with E-state index in [0.29, 0.717) is 31.1 Å². The molecule has 2 heterocycles. The zero-order valence-corrected chi connectivity index (χ0v) is 13.0. The number of hydrogen-bond acceptors (Lipinski definition) is 4. The molecule has 5 nitrogen and oxygen atoms in total. The van der Waals surface area contributed by atoms with Crippen LogP contribution in [0.1, 0.15) is 18.9 Å². The highest BCUT2D eigenvalue weighted by atomic mass is 16.6. The molecule has 0 radical (unpaired) electrons. The van der Waals surface area contributed by atoms with Crippen LogP contribution < -0.4 is 15.0 Å². The summed E-state index contributed by atoms with van der Waals surface area (Å²) < 4.78 is 12.9. The van der Waals surface area contributed by atoms with Crippen molar-refractivity contribution < 1.29 is 9.47 Å². The minimum atomic E-state index is -0.0965. The average Bonchev–Trinajstić information content (AvgIpc) is 2.58. The summed E-state index contributed by atoms with van der Waals surface area (Å²) in [7, 11) is 0. The lowest BCUT2D eigenvalue weighted by atomic mass is 10.1. The molecule has 23 heavy (non-hydrogen) atoms. The van der Waals surface area contributed by atoms with Crippen molar-refractivity contribution in [3.8, 4) is 28.8 Å². The molecule has 0 spiro atoms. The predicted octanol–water partition coefficient (Wildman–Crippen LogP) is 2.76. The van der Waals surface area contributed by atoms with Crippen LogP contribution in [0.25, 0.3) is 11.3 Å². The Kier molecular flexibility index (Phi) is 4.33. The Balaban J connectivity index is 2.10. The third-order valence-corrected chi connectivity index (χ3v) is 3.81. The lowest BCUT2D eigenvalue weighted by Gasteiger charge is -2.20. The third-order valence-electron chi connectivity index (χ3n) is 3.81. The standard InChI is InChI=1S/C18H18N2O3/c1-2-9-20-15(5-3-13(7-8-19)18(20)21)14-4-6-16-17(12-14)23-11-10-22-16/h3-6,12H,2,7,9-11H2,1H3. The Morgan fingerprint density at radius 2 is 1.96 bits per heavy atom. The van der Waals surface area contributed by atoms with Crippen molar-refractivity contribution in [1.82, 2.24) is 4.57 Å². The average molecular weight is 310 g/mol. The molecule has 1 aliphatic rings. The fraction of sp³-hybridized carbons (Fsp3) is 0.333. The summed E-state index contributed by atoms with van der Waals surface area (Å²) in [5.41, 5.74) is 2.17. The first kappa shape index (κ1) is 15.2. The topological polar surface area (TPSA) is 64.2 Å². The van der Waals surface area contributed by atoms with E-state index in [-0.39, 0.29) is 12.0 Å². The highest BCUT2D eigenvalue weighted by molar-refractivity contribution is 5.65. The molecule has 0 saturated carbocycles. The zero-order valence-electron chi connectivity index (χ0n) is 13.0. The molecule has 0 amide bonds. The highest BCUT2D eigenvalue weighted by Crippen LogP contribution is 2.34. The molecule has 0 atom stereocenters. The summed E-state index contributed by atoms with van der Waals surface area (Å²) in [5, 5.41) is 8.86. The lowest BCUT2D eigenvalue weighted by molar-refractivity contribution is 0.171. The fourth-order valence-corrected chi connectivity index (χ4v) is 2.74. The molecule has 118 valence electrons. The van der Waals surface area contributed by atoms with Gasteiger partial charge in [0.2, 0.25) is 0 Å². The van der Waals surface area contributed by atoms with Crippen LogP contribution in [0, 0.1) is 11.3 Å². The van der Waals surface area contributed by atoms with Crippen LogP contribution in [-0.4, -0.2) is 17.8 Å². The zero-order chi connectivity index (χ0) is 16.2. The van der Waals surface area contributed by atoms with Crippen LogP contribution in [0.2, 0.25) is 0 Å². The van der Waals surface area contributed by atoms with Gasteiger partial charge in [-0.05, 0) is 30.7 Å². The van der Waals surface area contributed by atoms with E-state index in [1.165, 1.54) is 0 Å². The molecule has 0 unspecified atom stereocenters. The summed E-state index contributed by atoms with van der Waals surface area (Å²) in [4.78, 5) is 12.6. The molecular formula is C18H18N2O3. The van der Waals surface area contributed by atoms with Crippen molar-refractivity contribution >= 4 is 0 Å². The number of aromatic nitrogens is 1. The van der Waals surface area contributed by atoms with Gasteiger partial charge in [0.15, 0.2) is 11.5 Å². The van der Waals surface area contributed by atoms with Crippen LogP contribution in [0.5, 0.6) is 11.5 Å². The van der Waals surface area contributed by atoms with Crippen LogP contribution in [0.15, 0.2) is 35.1 Å². The second kappa shape index (κ2) is 6.57. The molecule has 0 N–H and O–H groups in total. The molecule has 0 fully saturated rings. The van der Waals surface area contributed by atoms with E-state index >= 15 is 0 Å². The number of benzene rings is 1. The van der Waals surface area contributed by atoms with Crippen LogP contribution in [-0.2, 0) is 13.0 Å². The van der Waals surface area contributed by atoms with Crippen molar-refractivity contribution in [2.45, 2.75) is 26.3 Å². The summed E-state index contributed by atoms with van der Waals surface area (Å²) in [5.74, 6) is 1.43.